The van der Waals surface area contributed by atoms with Crippen LogP contribution in [0.15, 0.2) is 36.5 Å². The average molecular weight is 341 g/mol. The van der Waals surface area contributed by atoms with Gasteiger partial charge in [-0.3, -0.25) is 9.48 Å². The number of hydrogen-bond donors (Lipinski definition) is 2. The standard InChI is InChI=1S/C20H27N3O2/c1-2-8-18-16(20(25)22-17-11-6-7-12-19(17)24)13-21-23(18)14-15-9-4-3-5-10-15/h3-5,9-10,13,17,19,24H,2,6-8,11-12,14H2,1H3,(H,22,25). The van der Waals surface area contributed by atoms with Crippen LogP contribution in [0.2, 0.25) is 0 Å². The third-order valence-electron chi connectivity index (χ3n) is 4.90. The van der Waals surface area contributed by atoms with E-state index in [1.807, 2.05) is 22.9 Å². The van der Waals surface area contributed by atoms with Crippen molar-refractivity contribution in [2.45, 2.75) is 64.1 Å². The van der Waals surface area contributed by atoms with E-state index in [-0.39, 0.29) is 11.9 Å². The number of aliphatic hydroxyl groups excluding tert-OH is 1. The van der Waals surface area contributed by atoms with E-state index in [0.29, 0.717) is 12.1 Å². The summed E-state index contributed by atoms with van der Waals surface area (Å²) < 4.78 is 1.92. The molecule has 5 heteroatoms. The Morgan fingerprint density at radius 3 is 2.76 bits per heavy atom. The highest BCUT2D eigenvalue weighted by Gasteiger charge is 2.26. The van der Waals surface area contributed by atoms with Crippen molar-refractivity contribution in [2.75, 3.05) is 0 Å². The van der Waals surface area contributed by atoms with Gasteiger partial charge in [0.2, 0.25) is 0 Å². The molecule has 25 heavy (non-hydrogen) atoms. The van der Waals surface area contributed by atoms with Gasteiger partial charge in [-0.25, -0.2) is 0 Å². The monoisotopic (exact) mass is 341 g/mol. The highest BCUT2D eigenvalue weighted by atomic mass is 16.3. The molecule has 3 rings (SSSR count). The Kier molecular flexibility index (Phi) is 5.87. The van der Waals surface area contributed by atoms with Gasteiger partial charge in [0, 0.05) is 0 Å². The molecule has 0 bridgehead atoms. The van der Waals surface area contributed by atoms with Crippen LogP contribution in [0.25, 0.3) is 0 Å². The summed E-state index contributed by atoms with van der Waals surface area (Å²) in [6.07, 6.45) is 6.68. The van der Waals surface area contributed by atoms with Gasteiger partial charge >= 0.3 is 0 Å². The summed E-state index contributed by atoms with van der Waals surface area (Å²) in [6.45, 7) is 2.77. The number of aromatic nitrogens is 2. The Labute approximate surface area is 149 Å². The molecule has 0 radical (unpaired) electrons. The number of nitrogens with zero attached hydrogens (tertiary/aromatic N) is 2. The third-order valence-corrected chi connectivity index (χ3v) is 4.90. The number of rotatable bonds is 6. The number of aliphatic hydroxyl groups is 1. The van der Waals surface area contributed by atoms with Crippen LogP contribution in [0.1, 0.15) is 60.6 Å². The van der Waals surface area contributed by atoms with Crippen molar-refractivity contribution in [2.24, 2.45) is 0 Å². The first kappa shape index (κ1) is 17.7. The van der Waals surface area contributed by atoms with Crippen LogP contribution in [0.5, 0.6) is 0 Å². The maximum Gasteiger partial charge on any atom is 0.255 e. The topological polar surface area (TPSA) is 67.2 Å². The van der Waals surface area contributed by atoms with Gasteiger partial charge in [0.15, 0.2) is 0 Å². The van der Waals surface area contributed by atoms with E-state index in [1.54, 1.807) is 6.20 Å². The number of amides is 1. The van der Waals surface area contributed by atoms with Gasteiger partial charge < -0.3 is 10.4 Å². The molecule has 1 heterocycles. The molecule has 5 nitrogen and oxygen atoms in total. The second-order valence-electron chi connectivity index (χ2n) is 6.83. The summed E-state index contributed by atoms with van der Waals surface area (Å²) in [6, 6.07) is 10.00. The van der Waals surface area contributed by atoms with Gasteiger partial charge in [0.05, 0.1) is 36.1 Å². The second-order valence-corrected chi connectivity index (χ2v) is 6.83. The molecular formula is C20H27N3O2. The van der Waals surface area contributed by atoms with Crippen molar-refractivity contribution >= 4 is 5.91 Å². The molecule has 1 aromatic heterocycles. The van der Waals surface area contributed by atoms with Gasteiger partial charge in [0.1, 0.15) is 0 Å². The molecule has 1 fully saturated rings. The first-order valence-corrected chi connectivity index (χ1v) is 9.26. The van der Waals surface area contributed by atoms with Crippen molar-refractivity contribution < 1.29 is 9.90 Å². The Morgan fingerprint density at radius 1 is 1.28 bits per heavy atom. The fraction of sp³-hybridized carbons (Fsp3) is 0.500. The van der Waals surface area contributed by atoms with Crippen LogP contribution in [0.4, 0.5) is 0 Å². The lowest BCUT2D eigenvalue weighted by molar-refractivity contribution is 0.0716. The number of nitrogens with one attached hydrogen (secondary N) is 1. The molecule has 134 valence electrons. The predicted octanol–water partition coefficient (Wildman–Crippen LogP) is 2.92. The zero-order valence-electron chi connectivity index (χ0n) is 14.8. The fourth-order valence-electron chi connectivity index (χ4n) is 3.52. The number of carbonyl (C=O) groups is 1. The van der Waals surface area contributed by atoms with E-state index >= 15 is 0 Å². The number of carbonyl (C=O) groups excluding carboxylic acids is 1. The van der Waals surface area contributed by atoms with E-state index in [4.69, 9.17) is 0 Å². The minimum Gasteiger partial charge on any atom is -0.391 e. The number of benzene rings is 1. The molecular weight excluding hydrogens is 314 g/mol. The van der Waals surface area contributed by atoms with E-state index < -0.39 is 6.10 Å². The normalized spacial score (nSPS) is 20.4. The smallest absolute Gasteiger partial charge is 0.255 e. The van der Waals surface area contributed by atoms with Crippen LogP contribution < -0.4 is 5.32 Å². The minimum atomic E-state index is -0.438. The molecule has 0 aliphatic heterocycles. The molecule has 1 aliphatic carbocycles. The van der Waals surface area contributed by atoms with Gasteiger partial charge in [0.25, 0.3) is 5.91 Å². The molecule has 2 N–H and O–H groups in total. The van der Waals surface area contributed by atoms with E-state index in [2.05, 4.69) is 29.5 Å². The Morgan fingerprint density at radius 2 is 2.04 bits per heavy atom. The van der Waals surface area contributed by atoms with Gasteiger partial charge in [-0.2, -0.15) is 5.10 Å². The lowest BCUT2D eigenvalue weighted by atomic mass is 9.92. The van der Waals surface area contributed by atoms with E-state index in [9.17, 15) is 9.90 Å². The summed E-state index contributed by atoms with van der Waals surface area (Å²) >= 11 is 0. The predicted molar refractivity (Wildman–Crippen MR) is 97.5 cm³/mol. The second kappa shape index (κ2) is 8.30. The van der Waals surface area contributed by atoms with Crippen molar-refractivity contribution in [3.05, 3.63) is 53.3 Å². The summed E-state index contributed by atoms with van der Waals surface area (Å²) in [7, 11) is 0. The quantitative estimate of drug-likeness (QED) is 0.849. The highest BCUT2D eigenvalue weighted by Crippen LogP contribution is 2.20. The average Bonchev–Trinajstić information content (AvgIpc) is 3.01. The molecule has 2 unspecified atom stereocenters. The molecule has 1 saturated carbocycles. The molecule has 2 atom stereocenters. The SMILES string of the molecule is CCCc1c(C(=O)NC2CCCCC2O)cnn1Cc1ccccc1. The van der Waals surface area contributed by atoms with Crippen molar-refractivity contribution in [1.82, 2.24) is 15.1 Å². The minimum absolute atomic E-state index is 0.117. The van der Waals surface area contributed by atoms with Crippen molar-refractivity contribution in [3.8, 4) is 0 Å². The van der Waals surface area contributed by atoms with Crippen molar-refractivity contribution in [3.63, 3.8) is 0 Å². The molecule has 0 spiro atoms. The Balaban J connectivity index is 1.77. The zero-order chi connectivity index (χ0) is 17.6. The van der Waals surface area contributed by atoms with Gasteiger partial charge in [-0.05, 0) is 24.8 Å². The van der Waals surface area contributed by atoms with Crippen LogP contribution in [-0.2, 0) is 13.0 Å². The fourth-order valence-corrected chi connectivity index (χ4v) is 3.52. The molecule has 2 aromatic rings. The summed E-state index contributed by atoms with van der Waals surface area (Å²) in [5, 5.41) is 17.6. The summed E-state index contributed by atoms with van der Waals surface area (Å²) in [4.78, 5) is 12.7. The lowest BCUT2D eigenvalue weighted by Crippen LogP contribution is -2.45. The Hall–Kier alpha value is -2.14. The molecule has 1 aromatic carbocycles. The van der Waals surface area contributed by atoms with Crippen LogP contribution >= 0.6 is 0 Å². The Bertz CT molecular complexity index is 696. The van der Waals surface area contributed by atoms with Gasteiger partial charge in [-0.15, -0.1) is 0 Å². The van der Waals surface area contributed by atoms with Crippen LogP contribution in [0.3, 0.4) is 0 Å². The van der Waals surface area contributed by atoms with Crippen LogP contribution in [0, 0.1) is 0 Å². The number of hydrogen-bond acceptors (Lipinski definition) is 3. The van der Waals surface area contributed by atoms with E-state index in [1.165, 1.54) is 0 Å². The maximum absolute atomic E-state index is 12.7. The summed E-state index contributed by atoms with van der Waals surface area (Å²) in [5.74, 6) is -0.117. The molecule has 0 saturated heterocycles. The van der Waals surface area contributed by atoms with E-state index in [0.717, 1.165) is 49.8 Å². The highest BCUT2D eigenvalue weighted by molar-refractivity contribution is 5.95. The zero-order valence-corrected chi connectivity index (χ0v) is 14.8. The lowest BCUT2D eigenvalue weighted by Gasteiger charge is -2.28. The molecule has 1 amide bonds. The first-order valence-electron chi connectivity index (χ1n) is 9.26. The maximum atomic E-state index is 12.7. The van der Waals surface area contributed by atoms with Crippen molar-refractivity contribution in [1.29, 1.82) is 0 Å². The molecule has 1 aliphatic rings. The largest absolute Gasteiger partial charge is 0.391 e. The van der Waals surface area contributed by atoms with Crippen LogP contribution in [-0.4, -0.2) is 32.9 Å². The third kappa shape index (κ3) is 4.28. The first-order chi connectivity index (χ1) is 12.2. The summed E-state index contributed by atoms with van der Waals surface area (Å²) in [5.41, 5.74) is 2.77. The van der Waals surface area contributed by atoms with Gasteiger partial charge in [-0.1, -0.05) is 56.5 Å².